The lowest BCUT2D eigenvalue weighted by molar-refractivity contribution is -0.384. The summed E-state index contributed by atoms with van der Waals surface area (Å²) >= 11 is 0. The highest BCUT2D eigenvalue weighted by atomic mass is 16.6. The zero-order valence-corrected chi connectivity index (χ0v) is 10.9. The van der Waals surface area contributed by atoms with Gasteiger partial charge in [-0.25, -0.2) is 0 Å². The largest absolute Gasteiger partial charge is 0.372 e. The summed E-state index contributed by atoms with van der Waals surface area (Å²) in [5.74, 6) is 0. The molecule has 6 nitrogen and oxygen atoms in total. The Morgan fingerprint density at radius 3 is 2.58 bits per heavy atom. The smallest absolute Gasteiger partial charge is 0.270 e. The van der Waals surface area contributed by atoms with Gasteiger partial charge in [-0.05, 0) is 19.9 Å². The summed E-state index contributed by atoms with van der Waals surface area (Å²) in [5, 5.41) is 19.9. The van der Waals surface area contributed by atoms with Crippen LogP contribution in [0.2, 0.25) is 0 Å². The number of non-ortho nitro benzene ring substituents is 1. The van der Waals surface area contributed by atoms with Crippen LogP contribution in [-0.2, 0) is 4.74 Å². The van der Waals surface area contributed by atoms with Crippen LogP contribution in [0.15, 0.2) is 18.2 Å². The number of nitro benzene ring substituents is 1. The lowest BCUT2D eigenvalue weighted by Gasteiger charge is -2.37. The van der Waals surface area contributed by atoms with Gasteiger partial charge in [-0.2, -0.15) is 5.26 Å². The molecule has 1 aromatic rings. The second-order valence-corrected chi connectivity index (χ2v) is 4.73. The predicted octanol–water partition coefficient (Wildman–Crippen LogP) is 2.08. The molecule has 1 aliphatic rings. The monoisotopic (exact) mass is 261 g/mol. The van der Waals surface area contributed by atoms with Gasteiger partial charge in [0.05, 0.1) is 28.4 Å². The second kappa shape index (κ2) is 5.24. The third kappa shape index (κ3) is 2.83. The lowest BCUT2D eigenvalue weighted by Crippen LogP contribution is -2.45. The molecule has 1 fully saturated rings. The molecule has 0 spiro atoms. The van der Waals surface area contributed by atoms with E-state index in [1.807, 2.05) is 24.8 Å². The van der Waals surface area contributed by atoms with E-state index in [2.05, 4.69) is 0 Å². The number of anilines is 1. The van der Waals surface area contributed by atoms with Gasteiger partial charge in [-0.3, -0.25) is 10.1 Å². The van der Waals surface area contributed by atoms with Crippen LogP contribution in [0.3, 0.4) is 0 Å². The van der Waals surface area contributed by atoms with Gasteiger partial charge in [-0.15, -0.1) is 0 Å². The first-order valence-electron chi connectivity index (χ1n) is 6.10. The van der Waals surface area contributed by atoms with Crippen LogP contribution in [0.1, 0.15) is 19.4 Å². The summed E-state index contributed by atoms with van der Waals surface area (Å²) in [4.78, 5) is 12.3. The molecule has 0 saturated carbocycles. The predicted molar refractivity (Wildman–Crippen MR) is 70.0 cm³/mol. The van der Waals surface area contributed by atoms with Gasteiger partial charge in [0.15, 0.2) is 0 Å². The molecule has 1 aliphatic heterocycles. The fourth-order valence-corrected chi connectivity index (χ4v) is 2.38. The number of nitro groups is 1. The van der Waals surface area contributed by atoms with Crippen LogP contribution in [0, 0.1) is 21.4 Å². The van der Waals surface area contributed by atoms with Gasteiger partial charge < -0.3 is 9.64 Å². The van der Waals surface area contributed by atoms with E-state index in [0.717, 1.165) is 5.69 Å². The number of rotatable bonds is 2. The molecule has 6 heteroatoms. The number of nitriles is 1. The zero-order chi connectivity index (χ0) is 14.0. The Morgan fingerprint density at radius 1 is 1.42 bits per heavy atom. The fourth-order valence-electron chi connectivity index (χ4n) is 2.38. The van der Waals surface area contributed by atoms with Gasteiger partial charge in [0.2, 0.25) is 0 Å². The van der Waals surface area contributed by atoms with Crippen molar-refractivity contribution in [2.45, 2.75) is 26.1 Å². The van der Waals surface area contributed by atoms with Gasteiger partial charge in [0, 0.05) is 25.2 Å². The third-order valence-electron chi connectivity index (χ3n) is 3.07. The molecular formula is C13H15N3O3. The molecule has 0 bridgehead atoms. The molecular weight excluding hydrogens is 246 g/mol. The summed E-state index contributed by atoms with van der Waals surface area (Å²) in [6.45, 7) is 5.30. The van der Waals surface area contributed by atoms with E-state index in [0.29, 0.717) is 18.7 Å². The Balaban J connectivity index is 2.34. The number of benzene rings is 1. The first kappa shape index (κ1) is 13.3. The van der Waals surface area contributed by atoms with Crippen molar-refractivity contribution >= 4 is 11.4 Å². The van der Waals surface area contributed by atoms with E-state index in [9.17, 15) is 10.1 Å². The number of nitrogens with zero attached hydrogens (tertiary/aromatic N) is 3. The van der Waals surface area contributed by atoms with Crippen LogP contribution in [0.25, 0.3) is 0 Å². The summed E-state index contributed by atoms with van der Waals surface area (Å²) in [6.07, 6.45) is 0.149. The van der Waals surface area contributed by atoms with E-state index >= 15 is 0 Å². The van der Waals surface area contributed by atoms with Gasteiger partial charge in [0.25, 0.3) is 5.69 Å². The first-order chi connectivity index (χ1) is 9.01. The van der Waals surface area contributed by atoms with Gasteiger partial charge in [-0.1, -0.05) is 0 Å². The van der Waals surface area contributed by atoms with Crippen LogP contribution in [0.5, 0.6) is 0 Å². The van der Waals surface area contributed by atoms with Crippen LogP contribution in [-0.4, -0.2) is 30.2 Å². The molecule has 1 heterocycles. The summed E-state index contributed by atoms with van der Waals surface area (Å²) < 4.78 is 5.64. The highest BCUT2D eigenvalue weighted by molar-refractivity contribution is 5.63. The molecule has 0 unspecified atom stereocenters. The molecule has 1 aromatic carbocycles. The molecule has 0 aromatic heterocycles. The average Bonchev–Trinajstić information content (AvgIpc) is 2.36. The molecule has 100 valence electrons. The molecule has 0 radical (unpaired) electrons. The van der Waals surface area contributed by atoms with Crippen molar-refractivity contribution in [1.82, 2.24) is 0 Å². The fraction of sp³-hybridized carbons (Fsp3) is 0.462. The molecule has 2 atom stereocenters. The molecule has 0 N–H and O–H groups in total. The van der Waals surface area contributed by atoms with E-state index in [1.54, 1.807) is 6.07 Å². The van der Waals surface area contributed by atoms with Crippen molar-refractivity contribution in [2.24, 2.45) is 0 Å². The Bertz CT molecular complexity index is 528. The van der Waals surface area contributed by atoms with Crippen molar-refractivity contribution in [3.8, 4) is 6.07 Å². The molecule has 0 aliphatic carbocycles. The molecule has 0 amide bonds. The number of hydrogen-bond acceptors (Lipinski definition) is 5. The van der Waals surface area contributed by atoms with Crippen molar-refractivity contribution in [2.75, 3.05) is 18.0 Å². The van der Waals surface area contributed by atoms with Crippen molar-refractivity contribution in [1.29, 1.82) is 5.26 Å². The quantitative estimate of drug-likeness (QED) is 0.601. The summed E-state index contributed by atoms with van der Waals surface area (Å²) in [5.41, 5.74) is 1.00. The minimum Gasteiger partial charge on any atom is -0.372 e. The summed E-state index contributed by atoms with van der Waals surface area (Å²) in [6, 6.07) is 6.42. The normalized spacial score (nSPS) is 22.9. The third-order valence-corrected chi connectivity index (χ3v) is 3.07. The van der Waals surface area contributed by atoms with Crippen molar-refractivity contribution < 1.29 is 9.66 Å². The molecule has 2 rings (SSSR count). The minimum atomic E-state index is -0.491. The average molecular weight is 261 g/mol. The molecule has 19 heavy (non-hydrogen) atoms. The van der Waals surface area contributed by atoms with Crippen LogP contribution < -0.4 is 4.90 Å². The van der Waals surface area contributed by atoms with Crippen molar-refractivity contribution in [3.63, 3.8) is 0 Å². The van der Waals surface area contributed by atoms with E-state index in [1.165, 1.54) is 12.1 Å². The zero-order valence-electron chi connectivity index (χ0n) is 10.9. The summed E-state index contributed by atoms with van der Waals surface area (Å²) in [7, 11) is 0. The lowest BCUT2D eigenvalue weighted by atomic mass is 10.1. The maximum atomic E-state index is 10.7. The van der Waals surface area contributed by atoms with Crippen molar-refractivity contribution in [3.05, 3.63) is 33.9 Å². The highest BCUT2D eigenvalue weighted by Gasteiger charge is 2.24. The Morgan fingerprint density at radius 2 is 2.05 bits per heavy atom. The maximum absolute atomic E-state index is 10.7. The van der Waals surface area contributed by atoms with Gasteiger partial charge >= 0.3 is 0 Å². The standard InChI is InChI=1S/C13H15N3O3/c1-9-7-15(8-10(2)19-9)13-4-3-12(16(17)18)5-11(13)6-14/h3-5,9-10H,7-8H2,1-2H3/t9-,10-/m0/s1. The number of morpholine rings is 1. The van der Waals surface area contributed by atoms with E-state index in [-0.39, 0.29) is 17.9 Å². The van der Waals surface area contributed by atoms with Crippen LogP contribution in [0.4, 0.5) is 11.4 Å². The first-order valence-corrected chi connectivity index (χ1v) is 6.10. The number of ether oxygens (including phenoxy) is 1. The minimum absolute atomic E-state index is 0.0605. The Kier molecular flexibility index (Phi) is 3.67. The second-order valence-electron chi connectivity index (χ2n) is 4.73. The topological polar surface area (TPSA) is 79.4 Å². The Labute approximate surface area is 111 Å². The van der Waals surface area contributed by atoms with E-state index < -0.39 is 4.92 Å². The van der Waals surface area contributed by atoms with Gasteiger partial charge in [0.1, 0.15) is 6.07 Å². The molecule has 1 saturated heterocycles. The maximum Gasteiger partial charge on any atom is 0.270 e. The van der Waals surface area contributed by atoms with Crippen LogP contribution >= 0.6 is 0 Å². The SMILES string of the molecule is C[C@H]1CN(c2ccc([N+](=O)[O-])cc2C#N)C[C@H](C)O1. The number of hydrogen-bond donors (Lipinski definition) is 0. The van der Waals surface area contributed by atoms with E-state index in [4.69, 9.17) is 10.00 Å². The Hall–Kier alpha value is -2.13. The highest BCUT2D eigenvalue weighted by Crippen LogP contribution is 2.27.